The molecule has 0 heterocycles. The maximum absolute atomic E-state index is 2.65. The van der Waals surface area contributed by atoms with Gasteiger partial charge in [-0.15, -0.1) is 0 Å². The normalized spacial score (nSPS) is 67.5. The van der Waals surface area contributed by atoms with Crippen molar-refractivity contribution in [3.8, 4) is 0 Å². The highest BCUT2D eigenvalue weighted by atomic mass is 14.8. The molecule has 0 amide bonds. The average molecular weight is 230 g/mol. The zero-order valence-corrected chi connectivity index (χ0v) is 11.7. The Balaban J connectivity index is 1.75. The van der Waals surface area contributed by atoms with Gasteiger partial charge in [-0.25, -0.2) is 0 Å². The Morgan fingerprint density at radius 2 is 1.82 bits per heavy atom. The first-order chi connectivity index (χ1) is 8.06. The molecule has 94 valence electrons. The maximum atomic E-state index is 2.65. The summed E-state index contributed by atoms with van der Waals surface area (Å²) in [5, 5.41) is 0. The molecule has 17 heavy (non-hydrogen) atoms. The summed E-state index contributed by atoms with van der Waals surface area (Å²) in [5.41, 5.74) is 0.723. The van der Waals surface area contributed by atoms with Gasteiger partial charge in [-0.05, 0) is 65.6 Å². The fraction of sp³-hybridized carbons (Fsp3) is 0.882. The van der Waals surface area contributed by atoms with E-state index in [4.69, 9.17) is 0 Å². The lowest BCUT2D eigenvalue weighted by molar-refractivity contribution is -0.185. The van der Waals surface area contributed by atoms with Gasteiger partial charge >= 0.3 is 0 Å². The Hall–Kier alpha value is -0.260. The smallest absolute Gasteiger partial charge is 0.0227 e. The summed E-state index contributed by atoms with van der Waals surface area (Å²) in [6, 6.07) is 0. The van der Waals surface area contributed by atoms with Crippen LogP contribution in [0.5, 0.6) is 0 Å². The van der Waals surface area contributed by atoms with Crippen molar-refractivity contribution in [1.82, 2.24) is 0 Å². The van der Waals surface area contributed by atoms with Gasteiger partial charge in [-0.1, -0.05) is 39.8 Å². The van der Waals surface area contributed by atoms with Crippen LogP contribution in [0.15, 0.2) is 12.2 Å². The highest BCUT2D eigenvalue weighted by Crippen LogP contribution is 2.78. The third kappa shape index (κ3) is 0.956. The number of hydrogen-bond acceptors (Lipinski definition) is 0. The average Bonchev–Trinajstić information content (AvgIpc) is 2.71. The van der Waals surface area contributed by atoms with Gasteiger partial charge in [0.1, 0.15) is 0 Å². The molecule has 0 aromatic rings. The molecule has 0 aromatic heterocycles. The van der Waals surface area contributed by atoms with Gasteiger partial charge in [0.25, 0.3) is 0 Å². The fourth-order valence-corrected chi connectivity index (χ4v) is 6.92. The highest BCUT2D eigenvalue weighted by molar-refractivity contribution is 5.24. The number of fused-ring (bicyclic) bond motifs is 8. The molecule has 3 saturated carbocycles. The monoisotopic (exact) mass is 230 g/mol. The van der Waals surface area contributed by atoms with Crippen LogP contribution in [-0.2, 0) is 0 Å². The van der Waals surface area contributed by atoms with Crippen LogP contribution in [-0.4, -0.2) is 0 Å². The summed E-state index contributed by atoms with van der Waals surface area (Å²) in [7, 11) is 0. The Labute approximate surface area is 106 Å². The molecule has 0 nitrogen and oxygen atoms in total. The van der Waals surface area contributed by atoms with Crippen molar-refractivity contribution < 1.29 is 0 Å². The molecule has 2 bridgehead atoms. The van der Waals surface area contributed by atoms with E-state index < -0.39 is 0 Å². The van der Waals surface area contributed by atoms with Crippen molar-refractivity contribution in [3.05, 3.63) is 12.2 Å². The molecule has 0 radical (unpaired) electrons. The first-order valence-corrected chi connectivity index (χ1v) is 7.73. The Bertz CT molecular complexity index is 381. The largest absolute Gasteiger partial charge is 0.0880 e. The summed E-state index contributed by atoms with van der Waals surface area (Å²) in [4.78, 5) is 0. The number of rotatable bonds is 0. The molecule has 0 aliphatic heterocycles. The second-order valence-corrected chi connectivity index (χ2v) is 7.82. The first kappa shape index (κ1) is 10.6. The lowest BCUT2D eigenvalue weighted by Gasteiger charge is -2.67. The minimum Gasteiger partial charge on any atom is -0.0880 e. The molecule has 0 N–H and O–H groups in total. The van der Waals surface area contributed by atoms with Crippen LogP contribution in [0.3, 0.4) is 0 Å². The van der Waals surface area contributed by atoms with E-state index in [0.29, 0.717) is 0 Å². The summed E-state index contributed by atoms with van der Waals surface area (Å²) in [5.74, 6) is 8.09. The molecular weight excluding hydrogens is 204 g/mol. The van der Waals surface area contributed by atoms with Gasteiger partial charge < -0.3 is 0 Å². The minimum absolute atomic E-state index is 0.723. The second-order valence-electron chi connectivity index (χ2n) is 7.82. The van der Waals surface area contributed by atoms with Crippen LogP contribution in [0.1, 0.15) is 40.5 Å². The van der Waals surface area contributed by atoms with Crippen molar-refractivity contribution in [2.24, 2.45) is 52.8 Å². The summed E-state index contributed by atoms with van der Waals surface area (Å²) in [6.07, 6.45) is 7.92. The van der Waals surface area contributed by atoms with E-state index in [1.807, 2.05) is 0 Å². The lowest BCUT2D eigenvalue weighted by Crippen LogP contribution is -2.62. The number of hydrogen-bond donors (Lipinski definition) is 0. The van der Waals surface area contributed by atoms with E-state index in [-0.39, 0.29) is 0 Å². The van der Waals surface area contributed by atoms with Crippen molar-refractivity contribution in [3.63, 3.8) is 0 Å². The van der Waals surface area contributed by atoms with E-state index in [1.165, 1.54) is 6.42 Å². The minimum atomic E-state index is 0.723. The van der Waals surface area contributed by atoms with E-state index in [9.17, 15) is 0 Å². The molecule has 0 spiro atoms. The molecule has 4 aliphatic rings. The molecular formula is C17H26. The standard InChI is InChI=1S/C17H26/c1-9-6-5-7-13-15(9)16-12-8-14(17(13,16)4)11(3)10(12)2/h5-6,9-16H,7-8H2,1-4H3. The number of allylic oxidation sites excluding steroid dienone is 2. The summed E-state index contributed by atoms with van der Waals surface area (Å²) >= 11 is 0. The second kappa shape index (κ2) is 3.00. The molecule has 9 unspecified atom stereocenters. The van der Waals surface area contributed by atoms with Crippen LogP contribution in [0.2, 0.25) is 0 Å². The quantitative estimate of drug-likeness (QED) is 0.542. The van der Waals surface area contributed by atoms with Crippen molar-refractivity contribution in [1.29, 1.82) is 0 Å². The molecule has 0 aromatic carbocycles. The van der Waals surface area contributed by atoms with Gasteiger partial charge in [-0.2, -0.15) is 0 Å². The molecule has 0 saturated heterocycles. The van der Waals surface area contributed by atoms with Crippen LogP contribution >= 0.6 is 0 Å². The van der Waals surface area contributed by atoms with Gasteiger partial charge in [-0.3, -0.25) is 0 Å². The van der Waals surface area contributed by atoms with Crippen LogP contribution in [0.25, 0.3) is 0 Å². The van der Waals surface area contributed by atoms with E-state index in [2.05, 4.69) is 39.8 Å². The summed E-state index contributed by atoms with van der Waals surface area (Å²) < 4.78 is 0. The molecule has 9 atom stereocenters. The van der Waals surface area contributed by atoms with Crippen molar-refractivity contribution >= 4 is 0 Å². The topological polar surface area (TPSA) is 0 Å². The highest BCUT2D eigenvalue weighted by Gasteiger charge is 2.73. The van der Waals surface area contributed by atoms with Gasteiger partial charge in [0.2, 0.25) is 0 Å². The zero-order valence-electron chi connectivity index (χ0n) is 11.7. The Kier molecular flexibility index (Phi) is 1.88. The molecule has 4 aliphatic carbocycles. The van der Waals surface area contributed by atoms with E-state index in [1.54, 1.807) is 6.42 Å². The van der Waals surface area contributed by atoms with Gasteiger partial charge in [0.05, 0.1) is 0 Å². The van der Waals surface area contributed by atoms with E-state index in [0.717, 1.165) is 52.8 Å². The van der Waals surface area contributed by atoms with Crippen LogP contribution < -0.4 is 0 Å². The van der Waals surface area contributed by atoms with Crippen LogP contribution in [0.4, 0.5) is 0 Å². The summed E-state index contributed by atoms with van der Waals surface area (Å²) in [6.45, 7) is 10.2. The maximum Gasteiger partial charge on any atom is -0.0227 e. The predicted octanol–water partition coefficient (Wildman–Crippen LogP) is 4.37. The Morgan fingerprint density at radius 3 is 2.59 bits per heavy atom. The third-order valence-corrected chi connectivity index (χ3v) is 7.76. The third-order valence-electron chi connectivity index (χ3n) is 7.76. The van der Waals surface area contributed by atoms with Crippen molar-refractivity contribution in [2.45, 2.75) is 40.5 Å². The fourth-order valence-electron chi connectivity index (χ4n) is 6.92. The SMILES string of the molecule is CC1C=CCC2C1C1C3CC(C(C)C3C)C21C. The predicted molar refractivity (Wildman–Crippen MR) is 71.4 cm³/mol. The zero-order chi connectivity index (χ0) is 11.9. The molecule has 4 rings (SSSR count). The molecule has 3 fully saturated rings. The van der Waals surface area contributed by atoms with Gasteiger partial charge in [0.15, 0.2) is 0 Å². The lowest BCUT2D eigenvalue weighted by atomic mass is 9.37. The first-order valence-electron chi connectivity index (χ1n) is 7.73. The Morgan fingerprint density at radius 1 is 1.06 bits per heavy atom. The van der Waals surface area contributed by atoms with Crippen LogP contribution in [0, 0.1) is 52.8 Å². The van der Waals surface area contributed by atoms with Crippen molar-refractivity contribution in [2.75, 3.05) is 0 Å². The van der Waals surface area contributed by atoms with Gasteiger partial charge in [0, 0.05) is 0 Å². The van der Waals surface area contributed by atoms with E-state index >= 15 is 0 Å². The molecule has 0 heteroatoms.